The normalized spacial score (nSPS) is 11.9. The monoisotopic (exact) mass is 324 g/mol. The zero-order valence-corrected chi connectivity index (χ0v) is 11.9. The highest BCUT2D eigenvalue weighted by Gasteiger charge is 2.21. The minimum absolute atomic E-state index is 0.0592. The number of nitrogens with one attached hydrogen (secondary N) is 1. The van der Waals surface area contributed by atoms with Crippen LogP contribution in [0.5, 0.6) is 0 Å². The van der Waals surface area contributed by atoms with Crippen molar-refractivity contribution in [3.63, 3.8) is 0 Å². The first kappa shape index (κ1) is 14.4. The number of nitrogens with two attached hydrogens (primary N) is 1. The van der Waals surface area contributed by atoms with E-state index in [1.54, 1.807) is 0 Å². The molecule has 6 nitrogen and oxygen atoms in total. The van der Waals surface area contributed by atoms with Crippen LogP contribution in [0.2, 0.25) is 0 Å². The Morgan fingerprint density at radius 1 is 1.18 bits per heavy atom. The van der Waals surface area contributed by atoms with Crippen LogP contribution in [0, 0.1) is 11.6 Å². The first-order valence-corrected chi connectivity index (χ1v) is 7.79. The average molecular weight is 324 g/mol. The molecule has 0 atom stereocenters. The quantitative estimate of drug-likeness (QED) is 0.765. The molecule has 3 N–H and O–H groups in total. The molecule has 114 valence electrons. The van der Waals surface area contributed by atoms with E-state index < -0.39 is 27.2 Å². The van der Waals surface area contributed by atoms with Gasteiger partial charge in [-0.3, -0.25) is 5.10 Å². The summed E-state index contributed by atoms with van der Waals surface area (Å²) >= 11 is 0. The highest BCUT2D eigenvalue weighted by atomic mass is 32.2. The molecule has 0 saturated carbocycles. The van der Waals surface area contributed by atoms with Gasteiger partial charge >= 0.3 is 0 Å². The Kier molecular flexibility index (Phi) is 3.28. The molecule has 3 rings (SSSR count). The molecule has 3 aromatic rings. The number of aromatic nitrogens is 3. The summed E-state index contributed by atoms with van der Waals surface area (Å²) < 4.78 is 51.4. The van der Waals surface area contributed by atoms with Crippen molar-refractivity contribution in [1.29, 1.82) is 0 Å². The van der Waals surface area contributed by atoms with E-state index >= 15 is 0 Å². The van der Waals surface area contributed by atoms with Gasteiger partial charge in [-0.05, 0) is 30.3 Å². The molecule has 0 radical (unpaired) electrons. The van der Waals surface area contributed by atoms with Crippen LogP contribution in [0.4, 0.5) is 14.6 Å². The van der Waals surface area contributed by atoms with Gasteiger partial charge in [0.1, 0.15) is 17.2 Å². The minimum Gasteiger partial charge on any atom is -0.380 e. The van der Waals surface area contributed by atoms with E-state index in [4.69, 9.17) is 5.73 Å². The molecular weight excluding hydrogens is 314 g/mol. The molecule has 0 bridgehead atoms. The first-order valence-electron chi connectivity index (χ1n) is 6.14. The maximum absolute atomic E-state index is 13.6. The molecule has 0 amide bonds. The third-order valence-electron chi connectivity index (χ3n) is 3.08. The molecule has 0 fully saturated rings. The van der Waals surface area contributed by atoms with Crippen molar-refractivity contribution in [1.82, 2.24) is 15.2 Å². The summed E-state index contributed by atoms with van der Waals surface area (Å²) in [6.45, 7) is 0. The highest BCUT2D eigenvalue weighted by molar-refractivity contribution is 7.90. The van der Waals surface area contributed by atoms with Crippen molar-refractivity contribution in [3.8, 4) is 0 Å². The lowest BCUT2D eigenvalue weighted by Gasteiger charge is -2.05. The third-order valence-corrected chi connectivity index (χ3v) is 4.64. The van der Waals surface area contributed by atoms with Gasteiger partial charge in [-0.1, -0.05) is 0 Å². The number of nitrogen functional groups attached to an aromatic ring is 1. The Morgan fingerprint density at radius 3 is 2.73 bits per heavy atom. The molecular formula is C13H10F2N4O2S. The summed E-state index contributed by atoms with van der Waals surface area (Å²) in [6.07, 6.45) is 0. The Labute approximate surface area is 123 Å². The number of aromatic amines is 1. The number of sulfone groups is 1. The second-order valence-electron chi connectivity index (χ2n) is 4.65. The third kappa shape index (κ3) is 2.50. The summed E-state index contributed by atoms with van der Waals surface area (Å²) in [6, 6.07) is 5.36. The summed E-state index contributed by atoms with van der Waals surface area (Å²) in [5.41, 5.74) is 6.00. The molecule has 22 heavy (non-hydrogen) atoms. The summed E-state index contributed by atoms with van der Waals surface area (Å²) in [4.78, 5) is 3.93. The van der Waals surface area contributed by atoms with Crippen molar-refractivity contribution in [2.75, 3.05) is 5.73 Å². The second-order valence-corrected chi connectivity index (χ2v) is 6.59. The lowest BCUT2D eigenvalue weighted by atomic mass is 10.2. The van der Waals surface area contributed by atoms with Crippen LogP contribution in [0.3, 0.4) is 0 Å². The maximum atomic E-state index is 13.6. The standard InChI is InChI=1S/C13H10F2N4O2S/c14-8-1-2-9(15)7(5-8)6-22(20,21)11-4-3-10-12(17-11)13(16)19-18-10/h1-5H,6H2,(H3,16,18,19). The number of pyridine rings is 1. The molecule has 0 aliphatic rings. The highest BCUT2D eigenvalue weighted by Crippen LogP contribution is 2.22. The smallest absolute Gasteiger partial charge is 0.199 e. The molecule has 1 aromatic carbocycles. The van der Waals surface area contributed by atoms with E-state index in [2.05, 4.69) is 15.2 Å². The van der Waals surface area contributed by atoms with Gasteiger partial charge in [-0.15, -0.1) is 0 Å². The molecule has 2 heterocycles. The van der Waals surface area contributed by atoms with Crippen LogP contribution in [-0.2, 0) is 15.6 Å². The molecule has 0 aliphatic heterocycles. The number of nitrogens with zero attached hydrogens (tertiary/aromatic N) is 2. The maximum Gasteiger partial charge on any atom is 0.199 e. The van der Waals surface area contributed by atoms with Gasteiger partial charge in [0.2, 0.25) is 0 Å². The molecule has 0 saturated heterocycles. The van der Waals surface area contributed by atoms with Gasteiger partial charge in [0.25, 0.3) is 0 Å². The Morgan fingerprint density at radius 2 is 1.95 bits per heavy atom. The fourth-order valence-corrected chi connectivity index (χ4v) is 3.29. The SMILES string of the molecule is Nc1n[nH]c2ccc(S(=O)(=O)Cc3cc(F)ccc3F)nc12. The van der Waals surface area contributed by atoms with Crippen LogP contribution in [0.15, 0.2) is 35.4 Å². The molecule has 2 aromatic heterocycles. The van der Waals surface area contributed by atoms with E-state index in [9.17, 15) is 17.2 Å². The van der Waals surface area contributed by atoms with Crippen molar-refractivity contribution in [2.24, 2.45) is 0 Å². The number of anilines is 1. The lowest BCUT2D eigenvalue weighted by Crippen LogP contribution is -2.09. The minimum atomic E-state index is -3.95. The Balaban J connectivity index is 2.04. The number of H-pyrrole nitrogens is 1. The van der Waals surface area contributed by atoms with Crippen molar-refractivity contribution in [3.05, 3.63) is 47.5 Å². The number of rotatable bonds is 3. The van der Waals surface area contributed by atoms with Crippen LogP contribution >= 0.6 is 0 Å². The van der Waals surface area contributed by atoms with E-state index in [1.165, 1.54) is 12.1 Å². The number of halogens is 2. The van der Waals surface area contributed by atoms with Crippen LogP contribution in [0.1, 0.15) is 5.56 Å². The number of fused-ring (bicyclic) bond motifs is 1. The van der Waals surface area contributed by atoms with Crippen LogP contribution in [-0.4, -0.2) is 23.6 Å². The Bertz CT molecular complexity index is 969. The number of benzene rings is 1. The van der Waals surface area contributed by atoms with E-state index in [0.717, 1.165) is 18.2 Å². The number of hydrogen-bond acceptors (Lipinski definition) is 5. The van der Waals surface area contributed by atoms with Gasteiger partial charge in [-0.25, -0.2) is 22.2 Å². The van der Waals surface area contributed by atoms with Crippen molar-refractivity contribution >= 4 is 26.7 Å². The topological polar surface area (TPSA) is 102 Å². The van der Waals surface area contributed by atoms with Gasteiger partial charge in [-0.2, -0.15) is 5.10 Å². The second kappa shape index (κ2) is 5.02. The zero-order chi connectivity index (χ0) is 15.9. The predicted molar refractivity (Wildman–Crippen MR) is 75.5 cm³/mol. The zero-order valence-electron chi connectivity index (χ0n) is 11.0. The predicted octanol–water partition coefficient (Wildman–Crippen LogP) is 1.79. The Hall–Kier alpha value is -2.55. The van der Waals surface area contributed by atoms with Gasteiger partial charge < -0.3 is 5.73 Å². The van der Waals surface area contributed by atoms with Gasteiger partial charge in [0, 0.05) is 5.56 Å². The van der Waals surface area contributed by atoms with E-state index in [-0.39, 0.29) is 21.9 Å². The molecule has 0 unspecified atom stereocenters. The van der Waals surface area contributed by atoms with Crippen molar-refractivity contribution in [2.45, 2.75) is 10.8 Å². The van der Waals surface area contributed by atoms with Crippen molar-refractivity contribution < 1.29 is 17.2 Å². The van der Waals surface area contributed by atoms with Gasteiger partial charge in [0.15, 0.2) is 20.7 Å². The molecule has 0 aliphatic carbocycles. The fourth-order valence-electron chi connectivity index (χ4n) is 2.01. The average Bonchev–Trinajstić information content (AvgIpc) is 2.84. The van der Waals surface area contributed by atoms with Crippen LogP contribution < -0.4 is 5.73 Å². The first-order chi connectivity index (χ1) is 10.4. The lowest BCUT2D eigenvalue weighted by molar-refractivity contribution is 0.577. The summed E-state index contributed by atoms with van der Waals surface area (Å²) in [7, 11) is -3.95. The van der Waals surface area contributed by atoms with E-state index in [1.807, 2.05) is 0 Å². The fraction of sp³-hybridized carbons (Fsp3) is 0.0769. The number of hydrogen-bond donors (Lipinski definition) is 2. The van der Waals surface area contributed by atoms with E-state index in [0.29, 0.717) is 5.52 Å². The molecule has 9 heteroatoms. The largest absolute Gasteiger partial charge is 0.380 e. The van der Waals surface area contributed by atoms with Gasteiger partial charge in [0.05, 0.1) is 11.3 Å². The summed E-state index contributed by atoms with van der Waals surface area (Å²) in [5, 5.41) is 6.02. The molecule has 0 spiro atoms. The van der Waals surface area contributed by atoms with Crippen LogP contribution in [0.25, 0.3) is 11.0 Å². The summed E-state index contributed by atoms with van der Waals surface area (Å²) in [5.74, 6) is -2.15.